The lowest BCUT2D eigenvalue weighted by molar-refractivity contribution is 0.0320. The molecule has 0 atom stereocenters. The minimum absolute atomic E-state index is 0.219. The molecule has 1 saturated heterocycles. The summed E-state index contributed by atoms with van der Waals surface area (Å²) in [4.78, 5) is 22.3. The lowest BCUT2D eigenvalue weighted by Gasteiger charge is -2.26. The van der Waals surface area contributed by atoms with Crippen LogP contribution in [0.4, 0.5) is 0 Å². The summed E-state index contributed by atoms with van der Waals surface area (Å²) in [5.41, 5.74) is 4.67. The molecule has 0 aliphatic carbocycles. The van der Waals surface area contributed by atoms with Crippen LogP contribution in [0.5, 0.6) is 11.6 Å². The van der Waals surface area contributed by atoms with Gasteiger partial charge in [0, 0.05) is 48.2 Å². The summed E-state index contributed by atoms with van der Waals surface area (Å²) in [5.74, 6) is 0.418. The van der Waals surface area contributed by atoms with E-state index in [1.807, 2.05) is 61.7 Å². The van der Waals surface area contributed by atoms with E-state index in [2.05, 4.69) is 33.1 Å². The largest absolute Gasteiger partial charge is 0.493 e. The van der Waals surface area contributed by atoms with Gasteiger partial charge >= 0.3 is 5.97 Å². The summed E-state index contributed by atoms with van der Waals surface area (Å²) in [5, 5.41) is 13.2. The molecule has 0 saturated carbocycles. The van der Waals surface area contributed by atoms with Crippen molar-refractivity contribution in [2.75, 3.05) is 46.1 Å². The van der Waals surface area contributed by atoms with E-state index in [1.165, 1.54) is 0 Å². The standard InChI is InChI=1S/C34H35N3O5/c1-23-22-35-31(42-20-16-37-14-18-40-19-15-37)21-29(23)28-11-5-10-26-27(33(34(38)39)36-32(26)28)12-6-17-41-30-13-4-8-24-7-2-3-9-25(24)30/h2-5,7-11,13,21-22,36H,6,12,14-20H2,1H3,(H,38,39). The van der Waals surface area contributed by atoms with E-state index in [-0.39, 0.29) is 5.69 Å². The van der Waals surface area contributed by atoms with Crippen molar-refractivity contribution in [3.8, 4) is 22.8 Å². The number of H-pyrrole nitrogens is 1. The van der Waals surface area contributed by atoms with Crippen LogP contribution < -0.4 is 9.47 Å². The summed E-state index contributed by atoms with van der Waals surface area (Å²) >= 11 is 0. The smallest absolute Gasteiger partial charge is 0.352 e. The first-order valence-electron chi connectivity index (χ1n) is 14.5. The molecule has 0 spiro atoms. The van der Waals surface area contributed by atoms with E-state index in [0.29, 0.717) is 31.9 Å². The number of hydrogen-bond acceptors (Lipinski definition) is 6. The summed E-state index contributed by atoms with van der Waals surface area (Å²) in [6.07, 6.45) is 3.06. The third-order valence-electron chi connectivity index (χ3n) is 7.86. The Labute approximate surface area is 244 Å². The average Bonchev–Trinajstić information content (AvgIpc) is 3.40. The van der Waals surface area contributed by atoms with Crippen molar-refractivity contribution >= 4 is 27.6 Å². The number of para-hydroxylation sites is 1. The second kappa shape index (κ2) is 12.6. The van der Waals surface area contributed by atoms with Gasteiger partial charge in [0.2, 0.25) is 5.88 Å². The molecule has 6 rings (SSSR count). The van der Waals surface area contributed by atoms with Gasteiger partial charge in [-0.1, -0.05) is 54.6 Å². The Morgan fingerprint density at radius 3 is 2.62 bits per heavy atom. The normalized spacial score (nSPS) is 13.9. The van der Waals surface area contributed by atoms with Crippen LogP contribution in [0.15, 0.2) is 72.9 Å². The maximum absolute atomic E-state index is 12.3. The average molecular weight is 566 g/mol. The molecule has 3 heterocycles. The molecule has 0 unspecified atom stereocenters. The highest BCUT2D eigenvalue weighted by Gasteiger charge is 2.20. The van der Waals surface area contributed by atoms with Gasteiger partial charge in [0.1, 0.15) is 18.1 Å². The topological polar surface area (TPSA) is 96.9 Å². The minimum atomic E-state index is -0.972. The third-order valence-corrected chi connectivity index (χ3v) is 7.86. The number of nitrogens with one attached hydrogen (secondary N) is 1. The van der Waals surface area contributed by atoms with Crippen molar-refractivity contribution in [1.29, 1.82) is 0 Å². The van der Waals surface area contributed by atoms with Crippen molar-refractivity contribution in [3.05, 3.63) is 89.7 Å². The van der Waals surface area contributed by atoms with Crippen molar-refractivity contribution in [1.82, 2.24) is 14.9 Å². The number of aromatic nitrogens is 2. The number of rotatable bonds is 11. The molecular weight excluding hydrogens is 530 g/mol. The number of fused-ring (bicyclic) bond motifs is 2. The Bertz CT molecular complexity index is 1700. The fourth-order valence-corrected chi connectivity index (χ4v) is 5.67. The lowest BCUT2D eigenvalue weighted by Crippen LogP contribution is -2.38. The van der Waals surface area contributed by atoms with Crippen LogP contribution in [0.2, 0.25) is 0 Å². The summed E-state index contributed by atoms with van der Waals surface area (Å²) < 4.78 is 17.6. The van der Waals surface area contributed by atoms with Crippen LogP contribution in [0, 0.1) is 6.92 Å². The molecule has 3 aromatic carbocycles. The second-order valence-corrected chi connectivity index (χ2v) is 10.6. The predicted octanol–water partition coefficient (Wildman–Crippen LogP) is 6.11. The van der Waals surface area contributed by atoms with E-state index in [0.717, 1.165) is 82.5 Å². The Morgan fingerprint density at radius 1 is 0.976 bits per heavy atom. The number of morpholine rings is 1. The van der Waals surface area contributed by atoms with Crippen LogP contribution in [-0.2, 0) is 11.2 Å². The number of ether oxygens (including phenoxy) is 3. The zero-order valence-electron chi connectivity index (χ0n) is 23.8. The molecule has 2 aromatic heterocycles. The third kappa shape index (κ3) is 5.95. The van der Waals surface area contributed by atoms with Crippen LogP contribution >= 0.6 is 0 Å². The lowest BCUT2D eigenvalue weighted by atomic mass is 9.98. The number of hydrogen-bond donors (Lipinski definition) is 2. The molecule has 8 nitrogen and oxygen atoms in total. The molecule has 216 valence electrons. The number of aromatic amines is 1. The quantitative estimate of drug-likeness (QED) is 0.187. The molecule has 2 N–H and O–H groups in total. The molecule has 0 bridgehead atoms. The van der Waals surface area contributed by atoms with Crippen molar-refractivity contribution in [2.45, 2.75) is 19.8 Å². The van der Waals surface area contributed by atoms with Gasteiger partial charge in [-0.15, -0.1) is 0 Å². The second-order valence-electron chi connectivity index (χ2n) is 10.6. The van der Waals surface area contributed by atoms with Crippen LogP contribution in [0.3, 0.4) is 0 Å². The van der Waals surface area contributed by atoms with Crippen molar-refractivity contribution in [2.24, 2.45) is 0 Å². The van der Waals surface area contributed by atoms with E-state index in [4.69, 9.17) is 14.2 Å². The highest BCUT2D eigenvalue weighted by molar-refractivity contribution is 6.03. The van der Waals surface area contributed by atoms with E-state index in [9.17, 15) is 9.90 Å². The molecule has 1 fully saturated rings. The van der Waals surface area contributed by atoms with Crippen molar-refractivity contribution in [3.63, 3.8) is 0 Å². The molecule has 0 radical (unpaired) electrons. The SMILES string of the molecule is Cc1cnc(OCCN2CCOCC2)cc1-c1cccc2c(CCCOc3cccc4ccccc34)c(C(=O)O)[nH]c12. The van der Waals surface area contributed by atoms with E-state index >= 15 is 0 Å². The monoisotopic (exact) mass is 565 g/mol. The van der Waals surface area contributed by atoms with Gasteiger partial charge in [-0.2, -0.15) is 0 Å². The highest BCUT2D eigenvalue weighted by atomic mass is 16.5. The fraction of sp³-hybridized carbons (Fsp3) is 0.294. The Balaban J connectivity index is 1.20. The number of aromatic carboxylic acids is 1. The Hall–Kier alpha value is -4.40. The zero-order chi connectivity index (χ0) is 28.9. The Kier molecular flexibility index (Phi) is 8.35. The molecule has 1 aliphatic rings. The summed E-state index contributed by atoms with van der Waals surface area (Å²) in [6.45, 7) is 7.17. The van der Waals surface area contributed by atoms with Crippen molar-refractivity contribution < 1.29 is 24.1 Å². The number of aryl methyl sites for hydroxylation is 2. The first-order chi connectivity index (χ1) is 20.6. The molecule has 42 heavy (non-hydrogen) atoms. The Morgan fingerprint density at radius 2 is 1.76 bits per heavy atom. The first kappa shape index (κ1) is 27.8. The van der Waals surface area contributed by atoms with Gasteiger partial charge in [0.15, 0.2) is 0 Å². The number of carboxylic acids is 1. The van der Waals surface area contributed by atoms with Crippen LogP contribution in [0.1, 0.15) is 28.0 Å². The van der Waals surface area contributed by atoms with Gasteiger partial charge < -0.3 is 24.3 Å². The molecule has 1 aliphatic heterocycles. The van der Waals surface area contributed by atoms with E-state index in [1.54, 1.807) is 0 Å². The van der Waals surface area contributed by atoms with Gasteiger partial charge in [-0.25, -0.2) is 9.78 Å². The number of pyridine rings is 1. The predicted molar refractivity (Wildman–Crippen MR) is 164 cm³/mol. The zero-order valence-corrected chi connectivity index (χ0v) is 23.8. The van der Waals surface area contributed by atoms with Gasteiger partial charge in [0.25, 0.3) is 0 Å². The van der Waals surface area contributed by atoms with Crippen LogP contribution in [0.25, 0.3) is 32.8 Å². The summed E-state index contributed by atoms with van der Waals surface area (Å²) in [6, 6.07) is 22.1. The number of benzene rings is 3. The van der Waals surface area contributed by atoms with Gasteiger partial charge in [-0.3, -0.25) is 4.90 Å². The van der Waals surface area contributed by atoms with Gasteiger partial charge in [0.05, 0.1) is 25.3 Å². The first-order valence-corrected chi connectivity index (χ1v) is 14.5. The fourth-order valence-electron chi connectivity index (χ4n) is 5.67. The van der Waals surface area contributed by atoms with E-state index < -0.39 is 5.97 Å². The molecule has 8 heteroatoms. The highest BCUT2D eigenvalue weighted by Crippen LogP contribution is 2.35. The number of carboxylic acid groups (broad SMARTS) is 1. The maximum atomic E-state index is 12.3. The number of nitrogens with zero attached hydrogens (tertiary/aromatic N) is 2. The maximum Gasteiger partial charge on any atom is 0.352 e. The van der Waals surface area contributed by atoms with Gasteiger partial charge in [-0.05, 0) is 47.9 Å². The van der Waals surface area contributed by atoms with Crippen LogP contribution in [-0.4, -0.2) is 72.0 Å². The number of carbonyl (C=O) groups is 1. The molecule has 5 aromatic rings. The summed E-state index contributed by atoms with van der Waals surface area (Å²) in [7, 11) is 0. The molecule has 0 amide bonds. The molecular formula is C34H35N3O5. The minimum Gasteiger partial charge on any atom is -0.493 e.